The lowest BCUT2D eigenvalue weighted by atomic mass is 9.77. The van der Waals surface area contributed by atoms with E-state index in [9.17, 15) is 0 Å². The normalized spacial score (nSPS) is 29.1. The molecule has 1 N–H and O–H groups in total. The summed E-state index contributed by atoms with van der Waals surface area (Å²) in [4.78, 5) is 0. The lowest BCUT2D eigenvalue weighted by Crippen LogP contribution is -2.38. The SMILES string of the molecule is CNC1CC(C2CCC2)Oc2ccccc21. The highest BCUT2D eigenvalue weighted by molar-refractivity contribution is 5.38. The van der Waals surface area contributed by atoms with Gasteiger partial charge in [-0.05, 0) is 31.9 Å². The van der Waals surface area contributed by atoms with Crippen molar-refractivity contribution in [1.29, 1.82) is 0 Å². The van der Waals surface area contributed by atoms with Gasteiger partial charge >= 0.3 is 0 Å². The van der Waals surface area contributed by atoms with Gasteiger partial charge in [-0.25, -0.2) is 0 Å². The van der Waals surface area contributed by atoms with E-state index in [1.807, 2.05) is 7.05 Å². The number of rotatable bonds is 2. The molecule has 1 aromatic rings. The van der Waals surface area contributed by atoms with Crippen LogP contribution in [0.25, 0.3) is 0 Å². The Bertz CT molecular complexity index is 373. The molecular formula is C14H19NO. The fourth-order valence-corrected chi connectivity index (χ4v) is 2.82. The minimum Gasteiger partial charge on any atom is -0.490 e. The van der Waals surface area contributed by atoms with Crippen LogP contribution < -0.4 is 10.1 Å². The summed E-state index contributed by atoms with van der Waals surface area (Å²) in [6.45, 7) is 0. The molecule has 0 radical (unpaired) electrons. The van der Waals surface area contributed by atoms with Crippen LogP contribution in [0.4, 0.5) is 0 Å². The number of fused-ring (bicyclic) bond motifs is 1. The van der Waals surface area contributed by atoms with Gasteiger partial charge in [-0.15, -0.1) is 0 Å². The number of hydrogen-bond acceptors (Lipinski definition) is 2. The first-order chi connectivity index (χ1) is 7.88. The summed E-state index contributed by atoms with van der Waals surface area (Å²) < 4.78 is 6.13. The van der Waals surface area contributed by atoms with E-state index < -0.39 is 0 Å². The second-order valence-electron chi connectivity index (χ2n) is 4.96. The highest BCUT2D eigenvalue weighted by atomic mass is 16.5. The van der Waals surface area contributed by atoms with Crippen LogP contribution in [-0.2, 0) is 0 Å². The van der Waals surface area contributed by atoms with E-state index in [1.54, 1.807) is 0 Å². The fourth-order valence-electron chi connectivity index (χ4n) is 2.82. The second-order valence-corrected chi connectivity index (χ2v) is 4.96. The maximum atomic E-state index is 6.13. The molecule has 3 rings (SSSR count). The van der Waals surface area contributed by atoms with E-state index in [4.69, 9.17) is 4.74 Å². The second kappa shape index (κ2) is 4.10. The van der Waals surface area contributed by atoms with E-state index >= 15 is 0 Å². The van der Waals surface area contributed by atoms with Gasteiger partial charge in [-0.2, -0.15) is 0 Å². The molecule has 16 heavy (non-hydrogen) atoms. The Morgan fingerprint density at radius 2 is 2.06 bits per heavy atom. The Balaban J connectivity index is 1.86. The summed E-state index contributed by atoms with van der Waals surface area (Å²) in [5.74, 6) is 1.88. The molecule has 0 amide bonds. The van der Waals surface area contributed by atoms with Gasteiger partial charge in [0.15, 0.2) is 0 Å². The number of ether oxygens (including phenoxy) is 1. The van der Waals surface area contributed by atoms with Crippen molar-refractivity contribution in [3.63, 3.8) is 0 Å². The molecule has 1 heterocycles. The van der Waals surface area contributed by atoms with Gasteiger partial charge in [0.25, 0.3) is 0 Å². The maximum Gasteiger partial charge on any atom is 0.124 e. The monoisotopic (exact) mass is 217 g/mol. The van der Waals surface area contributed by atoms with Crippen LogP contribution in [0.1, 0.15) is 37.3 Å². The number of hydrogen-bond donors (Lipinski definition) is 1. The van der Waals surface area contributed by atoms with E-state index in [1.165, 1.54) is 24.8 Å². The zero-order chi connectivity index (χ0) is 11.0. The molecule has 2 aliphatic rings. The van der Waals surface area contributed by atoms with Gasteiger partial charge in [0.2, 0.25) is 0 Å². The van der Waals surface area contributed by atoms with Crippen molar-refractivity contribution in [1.82, 2.24) is 5.32 Å². The van der Waals surface area contributed by atoms with Gasteiger partial charge in [0.05, 0.1) is 0 Å². The third kappa shape index (κ3) is 1.61. The Morgan fingerprint density at radius 1 is 1.25 bits per heavy atom. The summed E-state index contributed by atoms with van der Waals surface area (Å²) in [7, 11) is 2.05. The quantitative estimate of drug-likeness (QED) is 0.822. The maximum absolute atomic E-state index is 6.13. The average Bonchev–Trinajstić information content (AvgIpc) is 2.25. The van der Waals surface area contributed by atoms with E-state index in [0.29, 0.717) is 12.1 Å². The molecule has 0 spiro atoms. The minimum atomic E-state index is 0.432. The predicted octanol–water partition coefficient (Wildman–Crippen LogP) is 2.90. The molecule has 1 aromatic carbocycles. The number of para-hydroxylation sites is 1. The molecule has 0 saturated heterocycles. The topological polar surface area (TPSA) is 21.3 Å². The summed E-state index contributed by atoms with van der Waals surface area (Å²) in [6.07, 6.45) is 5.64. The van der Waals surface area contributed by atoms with Gasteiger partial charge in [-0.1, -0.05) is 24.6 Å². The van der Waals surface area contributed by atoms with Crippen molar-refractivity contribution in [2.24, 2.45) is 5.92 Å². The third-order valence-corrected chi connectivity index (χ3v) is 4.06. The van der Waals surface area contributed by atoms with Crippen molar-refractivity contribution in [3.05, 3.63) is 29.8 Å². The Kier molecular flexibility index (Phi) is 2.60. The van der Waals surface area contributed by atoms with Crippen LogP contribution in [0.15, 0.2) is 24.3 Å². The molecule has 1 aliphatic carbocycles. The van der Waals surface area contributed by atoms with Crippen LogP contribution >= 0.6 is 0 Å². The third-order valence-electron chi connectivity index (χ3n) is 4.06. The lowest BCUT2D eigenvalue weighted by molar-refractivity contribution is 0.0541. The molecule has 1 aliphatic heterocycles. The molecule has 2 nitrogen and oxygen atoms in total. The Hall–Kier alpha value is -1.02. The van der Waals surface area contributed by atoms with E-state index in [-0.39, 0.29) is 0 Å². The van der Waals surface area contributed by atoms with Crippen LogP contribution in [0, 0.1) is 5.92 Å². The molecule has 0 bridgehead atoms. The molecular weight excluding hydrogens is 198 g/mol. The summed E-state index contributed by atoms with van der Waals surface area (Å²) >= 11 is 0. The zero-order valence-corrected chi connectivity index (χ0v) is 9.78. The van der Waals surface area contributed by atoms with Gasteiger partial charge < -0.3 is 10.1 Å². The minimum absolute atomic E-state index is 0.432. The molecule has 1 fully saturated rings. The molecule has 2 unspecified atom stereocenters. The Morgan fingerprint density at radius 3 is 2.75 bits per heavy atom. The van der Waals surface area contributed by atoms with Crippen molar-refractivity contribution in [3.8, 4) is 5.75 Å². The largest absolute Gasteiger partial charge is 0.490 e. The van der Waals surface area contributed by atoms with Crippen LogP contribution in [0.2, 0.25) is 0 Å². The number of benzene rings is 1. The summed E-state index contributed by atoms with van der Waals surface area (Å²) in [5, 5.41) is 3.41. The molecule has 1 saturated carbocycles. The highest BCUT2D eigenvalue weighted by Gasteiger charge is 2.35. The van der Waals surface area contributed by atoms with Gasteiger partial charge in [-0.3, -0.25) is 0 Å². The number of nitrogens with one attached hydrogen (secondary N) is 1. The summed E-state index contributed by atoms with van der Waals surface area (Å²) in [5.41, 5.74) is 1.32. The highest BCUT2D eigenvalue weighted by Crippen LogP contribution is 2.41. The zero-order valence-electron chi connectivity index (χ0n) is 9.78. The van der Waals surface area contributed by atoms with E-state index in [2.05, 4.69) is 29.6 Å². The van der Waals surface area contributed by atoms with Crippen molar-refractivity contribution in [2.75, 3.05) is 7.05 Å². The molecule has 2 heteroatoms. The van der Waals surface area contributed by atoms with Gasteiger partial charge in [0, 0.05) is 18.0 Å². The Labute approximate surface area is 97.0 Å². The first kappa shape index (κ1) is 10.2. The van der Waals surface area contributed by atoms with Crippen molar-refractivity contribution >= 4 is 0 Å². The predicted molar refractivity (Wildman–Crippen MR) is 64.6 cm³/mol. The summed E-state index contributed by atoms with van der Waals surface area (Å²) in [6, 6.07) is 8.90. The molecule has 0 aromatic heterocycles. The lowest BCUT2D eigenvalue weighted by Gasteiger charge is -2.40. The van der Waals surface area contributed by atoms with Crippen LogP contribution in [0.3, 0.4) is 0 Å². The van der Waals surface area contributed by atoms with Crippen LogP contribution in [-0.4, -0.2) is 13.2 Å². The molecule has 2 atom stereocenters. The van der Waals surface area contributed by atoms with Gasteiger partial charge in [0.1, 0.15) is 11.9 Å². The van der Waals surface area contributed by atoms with Crippen LogP contribution in [0.5, 0.6) is 5.75 Å². The molecule has 86 valence electrons. The van der Waals surface area contributed by atoms with Crippen molar-refractivity contribution < 1.29 is 4.74 Å². The standard InChI is InChI=1S/C14H19NO/c1-15-12-9-14(10-5-4-6-10)16-13-8-3-2-7-11(12)13/h2-3,7-8,10,12,14-15H,4-6,9H2,1H3. The first-order valence-corrected chi connectivity index (χ1v) is 6.31. The smallest absolute Gasteiger partial charge is 0.124 e. The van der Waals surface area contributed by atoms with Crippen molar-refractivity contribution in [2.45, 2.75) is 37.8 Å². The fraction of sp³-hybridized carbons (Fsp3) is 0.571. The van der Waals surface area contributed by atoms with E-state index in [0.717, 1.165) is 18.1 Å². The first-order valence-electron chi connectivity index (χ1n) is 6.31. The average molecular weight is 217 g/mol.